The van der Waals surface area contributed by atoms with Crippen molar-refractivity contribution < 1.29 is 115 Å². The number of alkyl halides is 24. The van der Waals surface area contributed by atoms with Gasteiger partial charge >= 0.3 is 49.4 Å². The van der Waals surface area contributed by atoms with E-state index in [0.717, 1.165) is 10.5 Å². The molecule has 400 valence electrons. The summed E-state index contributed by atoms with van der Waals surface area (Å²) in [5, 5.41) is 9.20. The quantitative estimate of drug-likeness (QED) is 0.0983. The number of halogens is 24. The van der Waals surface area contributed by atoms with Gasteiger partial charge in [0.1, 0.15) is 33.8 Å². The van der Waals surface area contributed by atoms with Gasteiger partial charge in [0.05, 0.1) is 44.5 Å². The van der Waals surface area contributed by atoms with Crippen molar-refractivity contribution in [1.29, 1.82) is 0 Å². The predicted molar refractivity (Wildman–Crippen MR) is 221 cm³/mol. The molecule has 0 spiro atoms. The molecule has 28 heteroatoms. The lowest BCUT2D eigenvalue weighted by Crippen LogP contribution is -2.75. The maximum Gasteiger partial charge on any atom is 0.416 e. The molecule has 0 heterocycles. The van der Waals surface area contributed by atoms with Gasteiger partial charge in [-0.1, -0.05) is 83.1 Å². The van der Waals surface area contributed by atoms with E-state index in [2.05, 4.69) is 0 Å². The molecule has 6 aromatic carbocycles. The zero-order valence-corrected chi connectivity index (χ0v) is 37.1. The van der Waals surface area contributed by atoms with Crippen molar-refractivity contribution in [3.63, 3.8) is 0 Å². The minimum absolute atomic E-state index is 0.232. The molecule has 0 saturated carbocycles. The molecule has 0 amide bonds. The van der Waals surface area contributed by atoms with Gasteiger partial charge < -0.3 is 5.11 Å². The van der Waals surface area contributed by atoms with Gasteiger partial charge in [0.25, 0.3) is 0 Å². The van der Waals surface area contributed by atoms with Gasteiger partial charge in [-0.3, -0.25) is 0 Å². The minimum atomic E-state index is -6.13. The SMILES string of the molecule is C[S+](=O)(Cc1ccc(O)cc1)c1ccccc1.FC(F)(F)c1cc([B-](c2cc(C(F)(F)F)cc(C(F)(F)F)c2)(c2cc(C(F)(F)F)cc(C(F)(F)F)c2)c2cc(C(F)(F)F)cc(C(F)(F)F)c2)cc(C(F)(F)F)c1. The Morgan fingerprint density at radius 3 is 0.770 bits per heavy atom. The topological polar surface area (TPSA) is 37.3 Å². The summed E-state index contributed by atoms with van der Waals surface area (Å²) in [6.45, 7) is 0. The summed E-state index contributed by atoms with van der Waals surface area (Å²) in [5.41, 5.74) is -29.2. The van der Waals surface area contributed by atoms with E-state index in [1.807, 2.05) is 30.3 Å². The van der Waals surface area contributed by atoms with E-state index in [4.69, 9.17) is 0 Å². The van der Waals surface area contributed by atoms with Crippen LogP contribution in [0, 0.1) is 0 Å². The van der Waals surface area contributed by atoms with Gasteiger partial charge in [-0.15, -0.1) is 0 Å². The summed E-state index contributed by atoms with van der Waals surface area (Å²) in [4.78, 5) is 0.869. The van der Waals surface area contributed by atoms with Crippen molar-refractivity contribution in [3.8, 4) is 5.75 Å². The number of phenolic OH excluding ortho intramolecular Hbond substituents is 1. The Morgan fingerprint density at radius 2 is 0.568 bits per heavy atom. The Labute approximate surface area is 401 Å². The highest BCUT2D eigenvalue weighted by Crippen LogP contribution is 2.41. The van der Waals surface area contributed by atoms with E-state index in [-0.39, 0.29) is 5.75 Å². The first-order valence-electron chi connectivity index (χ1n) is 20.0. The molecule has 0 fully saturated rings. The van der Waals surface area contributed by atoms with Crippen molar-refractivity contribution in [3.05, 3.63) is 177 Å². The van der Waals surface area contributed by atoms with Crippen molar-refractivity contribution >= 4 is 37.9 Å². The summed E-state index contributed by atoms with van der Waals surface area (Å²) in [6.07, 6.45) is -53.0. The van der Waals surface area contributed by atoms with Crippen LogP contribution in [0.5, 0.6) is 5.75 Å². The molecule has 2 nitrogen and oxygen atoms in total. The van der Waals surface area contributed by atoms with Gasteiger partial charge in [-0.25, -0.2) is 0 Å². The molecule has 0 aromatic heterocycles. The van der Waals surface area contributed by atoms with E-state index in [1.165, 1.54) is 0 Å². The minimum Gasteiger partial charge on any atom is -0.508 e. The van der Waals surface area contributed by atoms with Crippen LogP contribution in [0.25, 0.3) is 0 Å². The maximum atomic E-state index is 14.2. The molecule has 0 bridgehead atoms. The molecule has 0 saturated heterocycles. The highest BCUT2D eigenvalue weighted by atomic mass is 32.2. The molecule has 1 N–H and O–H groups in total. The second-order valence-corrected chi connectivity index (χ2v) is 19.1. The summed E-state index contributed by atoms with van der Waals surface area (Å²) >= 11 is 0. The molecule has 0 aliphatic carbocycles. The first-order valence-corrected chi connectivity index (χ1v) is 22.1. The molecule has 74 heavy (non-hydrogen) atoms. The Bertz CT molecular complexity index is 2580. The van der Waals surface area contributed by atoms with Crippen LogP contribution in [0.2, 0.25) is 0 Å². The van der Waals surface area contributed by atoms with Crippen molar-refractivity contribution in [1.82, 2.24) is 0 Å². The second kappa shape index (κ2) is 19.7. The van der Waals surface area contributed by atoms with Crippen LogP contribution in [0.15, 0.2) is 132 Å². The molecule has 1 unspecified atom stereocenters. The van der Waals surface area contributed by atoms with Crippen molar-refractivity contribution in [2.75, 3.05) is 6.26 Å². The Hall–Kier alpha value is -6.35. The number of hydrogen-bond donors (Lipinski definition) is 1. The van der Waals surface area contributed by atoms with Gasteiger partial charge in [0, 0.05) is 5.56 Å². The first-order chi connectivity index (χ1) is 33.3. The van der Waals surface area contributed by atoms with E-state index >= 15 is 0 Å². The normalized spacial score (nSPS) is 14.3. The van der Waals surface area contributed by atoms with E-state index in [0.29, 0.717) is 5.75 Å². The van der Waals surface area contributed by atoms with Crippen LogP contribution < -0.4 is 21.9 Å². The van der Waals surface area contributed by atoms with Crippen LogP contribution in [-0.2, 0) is 69.3 Å². The molecule has 6 rings (SSSR count). The number of phenols is 1. The van der Waals surface area contributed by atoms with Crippen LogP contribution in [0.4, 0.5) is 105 Å². The average molecular weight is 1110 g/mol. The number of aromatic hydroxyl groups is 1. The van der Waals surface area contributed by atoms with Gasteiger partial charge in [0.15, 0.2) is 4.90 Å². The van der Waals surface area contributed by atoms with E-state index in [9.17, 15) is 115 Å². The zero-order valence-electron chi connectivity index (χ0n) is 36.2. The van der Waals surface area contributed by atoms with Crippen LogP contribution in [-0.4, -0.2) is 17.5 Å². The highest BCUT2D eigenvalue weighted by Gasteiger charge is 2.47. The largest absolute Gasteiger partial charge is 0.508 e. The van der Waals surface area contributed by atoms with E-state index in [1.54, 1.807) is 30.5 Å². The summed E-state index contributed by atoms with van der Waals surface area (Å²) in [7, 11) is -2.06. The second-order valence-electron chi connectivity index (χ2n) is 16.4. The molecule has 0 aliphatic heterocycles. The zero-order chi connectivity index (χ0) is 56.2. The maximum absolute atomic E-state index is 14.2. The van der Waals surface area contributed by atoms with Gasteiger partial charge in [-0.05, 0) is 48.5 Å². The molecule has 0 aliphatic rings. The van der Waals surface area contributed by atoms with Crippen LogP contribution >= 0.6 is 0 Å². The van der Waals surface area contributed by atoms with Crippen LogP contribution in [0.3, 0.4) is 0 Å². The fourth-order valence-corrected chi connectivity index (χ4v) is 9.50. The highest BCUT2D eigenvalue weighted by molar-refractivity contribution is 8.01. The van der Waals surface area contributed by atoms with Crippen molar-refractivity contribution in [2.24, 2.45) is 0 Å². The summed E-state index contributed by atoms with van der Waals surface area (Å²) < 4.78 is 353. The fraction of sp³-hybridized carbons (Fsp3) is 0.217. The lowest BCUT2D eigenvalue weighted by Gasteiger charge is -2.46. The molecular weight excluding hydrogens is 1080 g/mol. The molecular formula is C46H27BF24O2S. The van der Waals surface area contributed by atoms with Gasteiger partial charge in [0.2, 0.25) is 0 Å². The summed E-state index contributed by atoms with van der Waals surface area (Å²) in [6, 6.07) is 7.54. The Kier molecular flexibility index (Phi) is 15.6. The third kappa shape index (κ3) is 13.5. The fourth-order valence-electron chi connectivity index (χ4n) is 7.77. The van der Waals surface area contributed by atoms with E-state index < -0.39 is 205 Å². The molecule has 1 atom stereocenters. The predicted octanol–water partition coefficient (Wildman–Crippen LogP) is 14.3. The third-order valence-corrected chi connectivity index (χ3v) is 13.2. The number of rotatable bonds is 7. The standard InChI is InChI=1S/C32H12BF24.C14H14O2S/c34-25(35,36)13-1-14(26(37,38)39)6-21(5-13)33(22-7-15(27(40,41)42)2-16(8-22)28(43,44)45,23-9-17(29(46,47)48)3-18(10-23)30(49,50)51)24-11-19(31(52,53)54)4-20(12-24)32(55,56)57;1-17(16,14-5-3-2-4-6-14)11-12-7-9-13(15)10-8-12/h1-12H;2-10H,11H2,1H3/q-1;/p+1. The smallest absolute Gasteiger partial charge is 0.416 e. The van der Waals surface area contributed by atoms with Gasteiger partial charge in [-0.2, -0.15) is 127 Å². The lowest BCUT2D eigenvalue weighted by atomic mass is 9.12. The lowest BCUT2D eigenvalue weighted by molar-refractivity contribution is -0.144. The Balaban J connectivity index is 0.000000500. The first kappa shape index (κ1) is 58.5. The van der Waals surface area contributed by atoms with Crippen molar-refractivity contribution in [2.45, 2.75) is 60.1 Å². The monoisotopic (exact) mass is 1110 g/mol. The molecule has 0 radical (unpaired) electrons. The average Bonchev–Trinajstić information content (AvgIpc) is 3.25. The third-order valence-electron chi connectivity index (χ3n) is 11.1. The Morgan fingerprint density at radius 1 is 0.351 bits per heavy atom. The van der Waals surface area contributed by atoms with Crippen LogP contribution in [0.1, 0.15) is 50.1 Å². The number of benzene rings is 6. The summed E-state index contributed by atoms with van der Waals surface area (Å²) in [5.74, 6) is 0.730. The number of hydrogen-bond acceptors (Lipinski definition) is 2. The molecule has 6 aromatic rings.